The molecule has 0 bridgehead atoms. The monoisotopic (exact) mass is 247 g/mol. The van der Waals surface area contributed by atoms with Crippen LogP contribution in [-0.4, -0.2) is 25.6 Å². The first kappa shape index (κ1) is 11.3. The molecule has 0 saturated carbocycles. The fourth-order valence-electron chi connectivity index (χ4n) is 2.03. The molecule has 0 aliphatic carbocycles. The van der Waals surface area contributed by atoms with Crippen LogP contribution < -0.4 is 0 Å². The first-order valence-corrected chi connectivity index (χ1v) is 5.80. The summed E-state index contributed by atoms with van der Waals surface area (Å²) in [5.74, 6) is -0.308. The largest absolute Gasteiger partial charge is 0.369 e. The van der Waals surface area contributed by atoms with Gasteiger partial charge in [0.2, 0.25) is 0 Å². The topological polar surface area (TPSA) is 52.8 Å². The Kier molecular flexibility index (Phi) is 2.59. The zero-order chi connectivity index (χ0) is 12.7. The molecule has 5 nitrogen and oxygen atoms in total. The van der Waals surface area contributed by atoms with Crippen molar-refractivity contribution < 1.29 is 9.13 Å². The van der Waals surface area contributed by atoms with E-state index in [9.17, 15) is 4.39 Å². The molecule has 0 aromatic carbocycles. The summed E-state index contributed by atoms with van der Waals surface area (Å²) in [6.45, 7) is 3.76. The van der Waals surface area contributed by atoms with Crippen LogP contribution in [0.3, 0.4) is 0 Å². The predicted molar refractivity (Wildman–Crippen MR) is 62.3 cm³/mol. The van der Waals surface area contributed by atoms with Gasteiger partial charge in [-0.15, -0.1) is 0 Å². The lowest BCUT2D eigenvalue weighted by Crippen LogP contribution is -2.13. The van der Waals surface area contributed by atoms with Gasteiger partial charge in [-0.3, -0.25) is 4.98 Å². The van der Waals surface area contributed by atoms with Crippen molar-refractivity contribution in [2.24, 2.45) is 0 Å². The van der Waals surface area contributed by atoms with E-state index in [1.165, 1.54) is 12.4 Å². The normalized spacial score (nSPS) is 23.6. The molecule has 0 N–H and O–H groups in total. The number of hydrogen-bond donors (Lipinski definition) is 0. The maximum absolute atomic E-state index is 13.9. The minimum absolute atomic E-state index is 0.195. The molecule has 1 aliphatic rings. The molecular weight excluding hydrogens is 235 g/mol. The van der Waals surface area contributed by atoms with E-state index in [0.29, 0.717) is 16.9 Å². The fourth-order valence-corrected chi connectivity index (χ4v) is 2.03. The molecule has 6 heteroatoms. The van der Waals surface area contributed by atoms with Crippen LogP contribution in [0.5, 0.6) is 0 Å². The summed E-state index contributed by atoms with van der Waals surface area (Å²) >= 11 is 0. The van der Waals surface area contributed by atoms with E-state index in [1.807, 2.05) is 13.8 Å². The van der Waals surface area contributed by atoms with Gasteiger partial charge < -0.3 is 19.3 Å². The van der Waals surface area contributed by atoms with Crippen LogP contribution in [-0.2, 0) is 4.74 Å². The van der Waals surface area contributed by atoms with E-state index in [2.05, 4.69) is 21.3 Å². The molecule has 2 aromatic rings. The highest BCUT2D eigenvalue weighted by Gasteiger charge is 2.27. The quantitative estimate of drug-likeness (QED) is 0.762. The Bertz CT molecular complexity index is 622. The molecule has 3 heterocycles. The minimum Gasteiger partial charge on any atom is -0.369 e. The molecule has 94 valence electrons. The average molecular weight is 247 g/mol. The highest BCUT2D eigenvalue weighted by atomic mass is 19.1. The number of ether oxygens (including phenoxy) is 1. The summed E-state index contributed by atoms with van der Waals surface area (Å²) in [6, 6.07) is 0. The van der Waals surface area contributed by atoms with Crippen molar-refractivity contribution in [3.8, 4) is 0 Å². The Balaban J connectivity index is 2.06. The third kappa shape index (κ3) is 1.60. The second-order valence-corrected chi connectivity index (χ2v) is 4.22. The molecular formula is C12H12FN4O-. The number of rotatable bonds is 2. The van der Waals surface area contributed by atoms with Crippen molar-refractivity contribution in [1.82, 2.24) is 19.5 Å². The van der Waals surface area contributed by atoms with Crippen molar-refractivity contribution in [3.63, 3.8) is 0 Å². The van der Waals surface area contributed by atoms with Crippen molar-refractivity contribution in [3.05, 3.63) is 30.3 Å². The van der Waals surface area contributed by atoms with Gasteiger partial charge in [0, 0.05) is 11.8 Å². The lowest BCUT2D eigenvalue weighted by atomic mass is 10.3. The molecule has 1 aliphatic heterocycles. The molecule has 0 radical (unpaired) electrons. The molecule has 18 heavy (non-hydrogen) atoms. The van der Waals surface area contributed by atoms with E-state index in [-0.39, 0.29) is 11.9 Å². The predicted octanol–water partition coefficient (Wildman–Crippen LogP) is 2.10. The smallest absolute Gasteiger partial charge is 0.179 e. The summed E-state index contributed by atoms with van der Waals surface area (Å²) in [7, 11) is 0. The van der Waals surface area contributed by atoms with Crippen molar-refractivity contribution in [1.29, 1.82) is 0 Å². The number of aromatic nitrogens is 4. The molecule has 2 aromatic heterocycles. The molecule has 0 amide bonds. The summed E-state index contributed by atoms with van der Waals surface area (Å²) in [4.78, 5) is 12.2. The van der Waals surface area contributed by atoms with Gasteiger partial charge in [0.25, 0.3) is 0 Å². The number of imidazole rings is 1. The van der Waals surface area contributed by atoms with E-state index in [0.717, 1.165) is 6.42 Å². The Hall–Kier alpha value is -1.82. The van der Waals surface area contributed by atoms with Crippen LogP contribution in [0.4, 0.5) is 4.39 Å². The first-order valence-electron chi connectivity index (χ1n) is 5.80. The van der Waals surface area contributed by atoms with Crippen molar-refractivity contribution >= 4 is 11.2 Å². The highest BCUT2D eigenvalue weighted by Crippen LogP contribution is 2.32. The van der Waals surface area contributed by atoms with Gasteiger partial charge in [-0.2, -0.15) is 0 Å². The second kappa shape index (κ2) is 4.13. The number of fused-ring (bicyclic) bond motifs is 1. The van der Waals surface area contributed by atoms with Gasteiger partial charge in [-0.05, 0) is 18.2 Å². The van der Waals surface area contributed by atoms with Gasteiger partial charge in [0.05, 0.1) is 18.1 Å². The maximum atomic E-state index is 13.9. The summed E-state index contributed by atoms with van der Waals surface area (Å²) in [5.41, 5.74) is 1.89. The maximum Gasteiger partial charge on any atom is 0.179 e. The van der Waals surface area contributed by atoms with Crippen LogP contribution >= 0.6 is 0 Å². The third-order valence-corrected chi connectivity index (χ3v) is 3.02. The fraction of sp³-hybridized carbons (Fsp3) is 0.417. The number of hydrogen-bond acceptors (Lipinski definition) is 4. The minimum atomic E-state index is -0.775. The van der Waals surface area contributed by atoms with Crippen LogP contribution in [0, 0.1) is 13.3 Å². The van der Waals surface area contributed by atoms with E-state index in [4.69, 9.17) is 4.74 Å². The summed E-state index contributed by atoms with van der Waals surface area (Å²) in [5, 5.41) is 0. The van der Waals surface area contributed by atoms with Crippen molar-refractivity contribution in [2.75, 3.05) is 0 Å². The number of nitrogens with zero attached hydrogens (tertiary/aromatic N) is 4. The standard InChI is InChI=1S/C12H12FN4O/c1-3-8-4-9(13)12(18-8)17-6-16-10-7(2)14-5-15-11(10)17/h4,6,8,12H,3H2,1-2H3/q-1/t8-,12-/m0/s1. The van der Waals surface area contributed by atoms with Gasteiger partial charge in [-0.1, -0.05) is 13.8 Å². The number of aryl methyl sites for hydroxylation is 1. The zero-order valence-corrected chi connectivity index (χ0v) is 10.1. The van der Waals surface area contributed by atoms with Crippen molar-refractivity contribution in [2.45, 2.75) is 32.6 Å². The number of halogens is 1. The van der Waals surface area contributed by atoms with Crippen LogP contribution in [0.2, 0.25) is 0 Å². The first-order chi connectivity index (χ1) is 8.70. The van der Waals surface area contributed by atoms with Gasteiger partial charge in [-0.25, -0.2) is 4.39 Å². The highest BCUT2D eigenvalue weighted by molar-refractivity contribution is 5.72. The Morgan fingerprint density at radius 3 is 3.06 bits per heavy atom. The Morgan fingerprint density at radius 2 is 2.33 bits per heavy atom. The van der Waals surface area contributed by atoms with Gasteiger partial charge in [0.1, 0.15) is 5.83 Å². The third-order valence-electron chi connectivity index (χ3n) is 3.02. The SMILES string of the molecule is CC[C@H]1C=C(F)[C@@H](n2cnc3c(C)n[c-]nc32)O1. The van der Waals surface area contributed by atoms with E-state index < -0.39 is 6.23 Å². The molecule has 0 fully saturated rings. The zero-order valence-electron chi connectivity index (χ0n) is 10.1. The lowest BCUT2D eigenvalue weighted by Gasteiger charge is -2.17. The molecule has 0 saturated heterocycles. The van der Waals surface area contributed by atoms with Gasteiger partial charge in [0.15, 0.2) is 6.23 Å². The molecule has 3 rings (SSSR count). The molecule has 2 atom stereocenters. The lowest BCUT2D eigenvalue weighted by molar-refractivity contribution is 0.00484. The average Bonchev–Trinajstić information content (AvgIpc) is 2.93. The second-order valence-electron chi connectivity index (χ2n) is 4.22. The van der Waals surface area contributed by atoms with E-state index >= 15 is 0 Å². The van der Waals surface area contributed by atoms with Gasteiger partial charge >= 0.3 is 0 Å². The summed E-state index contributed by atoms with van der Waals surface area (Å²) in [6.07, 6.45) is 5.32. The summed E-state index contributed by atoms with van der Waals surface area (Å²) < 4.78 is 21.0. The Labute approximate surface area is 103 Å². The molecule has 0 spiro atoms. The van der Waals surface area contributed by atoms with Crippen LogP contribution in [0.25, 0.3) is 11.2 Å². The van der Waals surface area contributed by atoms with Crippen LogP contribution in [0.1, 0.15) is 25.3 Å². The molecule has 0 unspecified atom stereocenters. The van der Waals surface area contributed by atoms with Crippen LogP contribution in [0.15, 0.2) is 18.2 Å². The Morgan fingerprint density at radius 1 is 1.50 bits per heavy atom. The van der Waals surface area contributed by atoms with E-state index in [1.54, 1.807) is 4.57 Å².